The highest BCUT2D eigenvalue weighted by molar-refractivity contribution is 4.99. The summed E-state index contributed by atoms with van der Waals surface area (Å²) < 4.78 is 163. The number of alkyl halides is 13. The summed E-state index contributed by atoms with van der Waals surface area (Å²) >= 11 is 0. The van der Waals surface area contributed by atoms with Crippen LogP contribution in [0.5, 0.6) is 0 Å². The third-order valence-electron chi connectivity index (χ3n) is 1.84. The van der Waals surface area contributed by atoms with E-state index in [0.717, 1.165) is 0 Å². The summed E-state index contributed by atoms with van der Waals surface area (Å²) in [6.45, 7) is 1.66. The topological polar surface area (TPSA) is 18.5 Å². The van der Waals surface area contributed by atoms with Gasteiger partial charge in [-0.1, -0.05) is 6.58 Å². The molecule has 0 aliphatic heterocycles. The summed E-state index contributed by atoms with van der Waals surface area (Å²) in [7, 11) is 0. The third kappa shape index (κ3) is 4.54. The minimum Gasteiger partial charge on any atom is -0.439 e. The van der Waals surface area contributed by atoms with Crippen molar-refractivity contribution in [3.63, 3.8) is 0 Å². The molecule has 1 atom stereocenters. The van der Waals surface area contributed by atoms with Crippen molar-refractivity contribution in [1.29, 1.82) is 0 Å². The molecule has 0 bridgehead atoms. The van der Waals surface area contributed by atoms with E-state index >= 15 is 0 Å². The lowest BCUT2D eigenvalue weighted by Gasteiger charge is -2.35. The lowest BCUT2D eigenvalue weighted by Crippen LogP contribution is -2.61. The molecule has 0 N–H and O–H groups in total. The fourth-order valence-corrected chi connectivity index (χ4v) is 0.791. The van der Waals surface area contributed by atoms with Gasteiger partial charge in [0.05, 0.1) is 0 Å². The van der Waals surface area contributed by atoms with Gasteiger partial charge in [0.25, 0.3) is 0 Å². The summed E-state index contributed by atoms with van der Waals surface area (Å²) in [6, 6.07) is 0. The van der Waals surface area contributed by atoms with Crippen molar-refractivity contribution in [3.05, 3.63) is 12.3 Å². The van der Waals surface area contributed by atoms with Gasteiger partial charge in [-0.3, -0.25) is 0 Å². The molecule has 0 fully saturated rings. The molecule has 0 aliphatic carbocycles. The van der Waals surface area contributed by atoms with Gasteiger partial charge in [0.1, 0.15) is 0 Å². The summed E-state index contributed by atoms with van der Waals surface area (Å²) in [5, 5.41) is 0. The van der Waals surface area contributed by atoms with Crippen LogP contribution in [0.2, 0.25) is 0 Å². The highest BCUT2D eigenvalue weighted by Gasteiger charge is 2.79. The Kier molecular flexibility index (Phi) is 5.54. The molecule has 2 nitrogen and oxygen atoms in total. The Balaban J connectivity index is 5.85. The lowest BCUT2D eigenvalue weighted by atomic mass is 10.2. The molecular weight excluding hydrogens is 375 g/mol. The van der Waals surface area contributed by atoms with Crippen molar-refractivity contribution in [2.75, 3.05) is 0 Å². The molecule has 23 heavy (non-hydrogen) atoms. The van der Waals surface area contributed by atoms with Crippen LogP contribution in [0.3, 0.4) is 0 Å². The van der Waals surface area contributed by atoms with E-state index in [-0.39, 0.29) is 0 Å². The first-order chi connectivity index (χ1) is 9.78. The van der Waals surface area contributed by atoms with Gasteiger partial charge in [0.2, 0.25) is 0 Å². The molecule has 15 heteroatoms. The van der Waals surface area contributed by atoms with E-state index in [1.807, 2.05) is 0 Å². The van der Waals surface area contributed by atoms with Crippen LogP contribution in [0, 0.1) is 0 Å². The fraction of sp³-hybridized carbons (Fsp3) is 0.750. The van der Waals surface area contributed by atoms with Gasteiger partial charge in [-0.05, 0) is 0 Å². The highest BCUT2D eigenvalue weighted by atomic mass is 19.4. The molecule has 138 valence electrons. The van der Waals surface area contributed by atoms with E-state index in [0.29, 0.717) is 0 Å². The minimum absolute atomic E-state index is 1.66. The van der Waals surface area contributed by atoms with Gasteiger partial charge in [-0.15, -0.1) is 0 Å². The van der Waals surface area contributed by atoms with E-state index < -0.39 is 42.6 Å². The van der Waals surface area contributed by atoms with E-state index in [9.17, 15) is 57.1 Å². The zero-order valence-electron chi connectivity index (χ0n) is 10.0. The van der Waals surface area contributed by atoms with Crippen LogP contribution in [0.15, 0.2) is 12.3 Å². The maximum Gasteiger partial charge on any atom is 0.470 e. The second-order valence-corrected chi connectivity index (χ2v) is 3.60. The van der Waals surface area contributed by atoms with Gasteiger partial charge in [0.15, 0.2) is 5.76 Å². The first kappa shape index (κ1) is 21.6. The molecule has 0 aromatic heterocycles. The van der Waals surface area contributed by atoms with Crippen molar-refractivity contribution < 1.29 is 66.5 Å². The maximum atomic E-state index is 13.3. The number of allylic oxidation sites excluding steroid dienone is 1. The predicted octanol–water partition coefficient (Wildman–Crippen LogP) is 4.77. The Bertz CT molecular complexity index is 436. The van der Waals surface area contributed by atoms with Crippen LogP contribution < -0.4 is 0 Å². The minimum atomic E-state index is -7.11. The SMILES string of the molecule is C=C(OC(F)(C(F)(F)F)C(F)(F)OC(F)(F)C(F)F)C(F)(F)F. The molecule has 0 saturated heterocycles. The second-order valence-electron chi connectivity index (χ2n) is 3.60. The van der Waals surface area contributed by atoms with Crippen LogP contribution in [0.4, 0.5) is 57.1 Å². The molecule has 0 radical (unpaired) electrons. The van der Waals surface area contributed by atoms with E-state index in [1.165, 1.54) is 0 Å². The van der Waals surface area contributed by atoms with Gasteiger partial charge in [0, 0.05) is 0 Å². The Hall–Kier alpha value is -1.41. The molecule has 0 aromatic rings. The highest BCUT2D eigenvalue weighted by Crippen LogP contribution is 2.51. The molecular formula is C8H3F13O2. The zero-order chi connectivity index (χ0) is 19.1. The number of halogens is 13. The quantitative estimate of drug-likeness (QED) is 0.490. The summed E-state index contributed by atoms with van der Waals surface area (Å²) in [5.41, 5.74) is 0. The number of hydrogen-bond donors (Lipinski definition) is 0. The van der Waals surface area contributed by atoms with Crippen molar-refractivity contribution in [1.82, 2.24) is 0 Å². The summed E-state index contributed by atoms with van der Waals surface area (Å²) in [4.78, 5) is 0. The monoisotopic (exact) mass is 378 g/mol. The largest absolute Gasteiger partial charge is 0.470 e. The normalized spacial score (nSPS) is 17.1. The molecule has 0 rings (SSSR count). The van der Waals surface area contributed by atoms with Crippen molar-refractivity contribution in [2.45, 2.75) is 36.9 Å². The molecule has 0 saturated carbocycles. The van der Waals surface area contributed by atoms with Crippen molar-refractivity contribution >= 4 is 0 Å². The molecule has 1 unspecified atom stereocenters. The van der Waals surface area contributed by atoms with Crippen molar-refractivity contribution in [2.24, 2.45) is 0 Å². The number of rotatable bonds is 6. The zero-order valence-corrected chi connectivity index (χ0v) is 10.0. The first-order valence-corrected chi connectivity index (χ1v) is 4.72. The van der Waals surface area contributed by atoms with E-state index in [2.05, 4.69) is 4.74 Å². The average molecular weight is 378 g/mol. The predicted molar refractivity (Wildman–Crippen MR) is 43.2 cm³/mol. The second kappa shape index (κ2) is 5.90. The number of hydrogen-bond acceptors (Lipinski definition) is 2. The van der Waals surface area contributed by atoms with Crippen LogP contribution in [0.1, 0.15) is 0 Å². The molecule has 0 aromatic carbocycles. The van der Waals surface area contributed by atoms with Crippen LogP contribution in [-0.2, 0) is 9.47 Å². The smallest absolute Gasteiger partial charge is 0.439 e. The number of ether oxygens (including phenoxy) is 2. The van der Waals surface area contributed by atoms with Crippen molar-refractivity contribution in [3.8, 4) is 0 Å². The van der Waals surface area contributed by atoms with E-state index in [1.54, 1.807) is 11.3 Å². The maximum absolute atomic E-state index is 13.3. The average Bonchev–Trinajstić information content (AvgIpc) is 2.23. The van der Waals surface area contributed by atoms with Gasteiger partial charge in [-0.25, -0.2) is 13.5 Å². The summed E-state index contributed by atoms with van der Waals surface area (Å²) in [5.74, 6) is -10.1. The standard InChI is InChI=1S/C8H3F13O2/c1-2(4(11,12)13)22-6(16,7(17,18)19)8(20,21)23-5(14,15)3(9)10/h3H,1H2. The van der Waals surface area contributed by atoms with Crippen LogP contribution in [0.25, 0.3) is 0 Å². The summed E-state index contributed by atoms with van der Waals surface area (Å²) in [6.07, 6.45) is -31.6. The molecule has 0 aliphatic rings. The molecule has 0 amide bonds. The van der Waals surface area contributed by atoms with Crippen LogP contribution >= 0.6 is 0 Å². The molecule has 0 heterocycles. The van der Waals surface area contributed by atoms with Gasteiger partial charge >= 0.3 is 36.9 Å². The lowest BCUT2D eigenvalue weighted by molar-refractivity contribution is -0.502. The van der Waals surface area contributed by atoms with Gasteiger partial charge < -0.3 is 4.74 Å². The van der Waals surface area contributed by atoms with E-state index in [4.69, 9.17) is 0 Å². The molecule has 0 spiro atoms. The Morgan fingerprint density at radius 2 is 1.17 bits per heavy atom. The Morgan fingerprint density at radius 3 is 1.43 bits per heavy atom. The Labute approximate surface area is 117 Å². The van der Waals surface area contributed by atoms with Crippen LogP contribution in [-0.4, -0.2) is 36.9 Å². The fourth-order valence-electron chi connectivity index (χ4n) is 0.791. The third-order valence-corrected chi connectivity index (χ3v) is 1.84. The Morgan fingerprint density at radius 1 is 0.783 bits per heavy atom. The van der Waals surface area contributed by atoms with Gasteiger partial charge in [-0.2, -0.15) is 48.3 Å². The first-order valence-electron chi connectivity index (χ1n) is 4.72.